The Labute approximate surface area is 277 Å². The Morgan fingerprint density at radius 2 is 0.761 bits per heavy atom. The summed E-state index contributed by atoms with van der Waals surface area (Å²) in [7, 11) is -0.598. The van der Waals surface area contributed by atoms with Crippen molar-refractivity contribution >= 4 is 59.1 Å². The van der Waals surface area contributed by atoms with E-state index in [2.05, 4.69) is 187 Å². The van der Waals surface area contributed by atoms with Gasteiger partial charge in [0, 0.05) is 0 Å². The Bertz CT molecular complexity index is 1830. The molecule has 0 fully saturated rings. The van der Waals surface area contributed by atoms with Gasteiger partial charge in [0.1, 0.15) is 0 Å². The summed E-state index contributed by atoms with van der Waals surface area (Å²) in [5.41, 5.74) is 14.7. The molecule has 0 saturated carbocycles. The largest absolute Gasteiger partial charge is 0.242 e. The third kappa shape index (κ3) is 6.86. The second kappa shape index (κ2) is 13.9. The molecule has 6 aromatic carbocycles. The summed E-state index contributed by atoms with van der Waals surface area (Å²) in [6.07, 6.45) is 4.46. The van der Waals surface area contributed by atoms with Gasteiger partial charge in [0.15, 0.2) is 0 Å². The number of hydrogen-bond acceptors (Lipinski definition) is 0. The average Bonchev–Trinajstić information content (AvgIpc) is 3.04. The summed E-state index contributed by atoms with van der Waals surface area (Å²) < 4.78 is 0. The maximum Gasteiger partial charge on any atom is 0.242 e. The van der Waals surface area contributed by atoms with Crippen LogP contribution in [0.3, 0.4) is 0 Å². The van der Waals surface area contributed by atoms with Gasteiger partial charge in [-0.3, -0.25) is 0 Å². The van der Waals surface area contributed by atoms with Crippen LogP contribution in [0, 0.1) is 41.5 Å². The molecule has 6 aromatic rings. The number of hydrogen-bond donors (Lipinski definition) is 0. The third-order valence-electron chi connectivity index (χ3n) is 8.97. The molecular formula is C44H42BP. The van der Waals surface area contributed by atoms with E-state index in [0.29, 0.717) is 0 Å². The van der Waals surface area contributed by atoms with Crippen LogP contribution in [-0.2, 0) is 0 Å². The van der Waals surface area contributed by atoms with Gasteiger partial charge in [0.2, 0.25) is 6.71 Å². The van der Waals surface area contributed by atoms with Crippen molar-refractivity contribution in [1.82, 2.24) is 0 Å². The minimum absolute atomic E-state index is 0.191. The molecule has 0 spiro atoms. The predicted molar refractivity (Wildman–Crippen MR) is 206 cm³/mol. The van der Waals surface area contributed by atoms with Crippen molar-refractivity contribution in [2.45, 2.75) is 41.5 Å². The zero-order valence-electron chi connectivity index (χ0n) is 27.9. The fourth-order valence-corrected chi connectivity index (χ4v) is 9.38. The molecule has 46 heavy (non-hydrogen) atoms. The molecule has 0 amide bonds. The van der Waals surface area contributed by atoms with Gasteiger partial charge < -0.3 is 0 Å². The van der Waals surface area contributed by atoms with Crippen LogP contribution in [0.4, 0.5) is 0 Å². The molecule has 2 heteroatoms. The van der Waals surface area contributed by atoms with E-state index in [4.69, 9.17) is 0 Å². The lowest BCUT2D eigenvalue weighted by Crippen LogP contribution is -2.55. The SMILES string of the molecule is Cc1cc(C)c(B(c2ccc(/C=C/c3ccc(P(c4ccccc4)c4ccccc4)cc3)cc2)c2c(C)cc(C)cc2C)c(C)c1. The van der Waals surface area contributed by atoms with Crippen LogP contribution < -0.4 is 32.3 Å². The number of benzene rings is 6. The average molecular weight is 613 g/mol. The zero-order chi connectivity index (χ0) is 32.2. The van der Waals surface area contributed by atoms with Crippen molar-refractivity contribution < 1.29 is 0 Å². The highest BCUT2D eigenvalue weighted by molar-refractivity contribution is 7.79. The molecule has 0 saturated heterocycles. The molecule has 0 nitrogen and oxygen atoms in total. The summed E-state index contributed by atoms with van der Waals surface area (Å²) in [5.74, 6) is 0. The van der Waals surface area contributed by atoms with Crippen molar-refractivity contribution in [2.75, 3.05) is 0 Å². The van der Waals surface area contributed by atoms with Crippen LogP contribution in [0.1, 0.15) is 44.5 Å². The van der Waals surface area contributed by atoms with Gasteiger partial charge in [-0.05, 0) is 76.5 Å². The molecule has 6 rings (SSSR count). The smallest absolute Gasteiger partial charge is 0.0686 e. The molecule has 0 aliphatic rings. The van der Waals surface area contributed by atoms with Crippen LogP contribution in [-0.4, -0.2) is 6.71 Å². The van der Waals surface area contributed by atoms with E-state index in [0.717, 1.165) is 0 Å². The van der Waals surface area contributed by atoms with Crippen LogP contribution in [0.15, 0.2) is 133 Å². The van der Waals surface area contributed by atoms with Crippen molar-refractivity contribution in [3.05, 3.63) is 178 Å². The highest BCUT2D eigenvalue weighted by Gasteiger charge is 2.28. The van der Waals surface area contributed by atoms with Gasteiger partial charge in [-0.15, -0.1) is 0 Å². The van der Waals surface area contributed by atoms with Gasteiger partial charge in [-0.2, -0.15) is 0 Å². The van der Waals surface area contributed by atoms with E-state index in [9.17, 15) is 0 Å². The second-order valence-corrected chi connectivity index (χ2v) is 14.9. The van der Waals surface area contributed by atoms with Crippen molar-refractivity contribution in [3.8, 4) is 0 Å². The Morgan fingerprint density at radius 1 is 0.413 bits per heavy atom. The van der Waals surface area contributed by atoms with E-state index >= 15 is 0 Å². The van der Waals surface area contributed by atoms with Gasteiger partial charge in [-0.25, -0.2) is 0 Å². The molecule has 0 aliphatic carbocycles. The second-order valence-electron chi connectivity index (χ2n) is 12.7. The Kier molecular flexibility index (Phi) is 9.53. The zero-order valence-corrected chi connectivity index (χ0v) is 28.8. The van der Waals surface area contributed by atoms with E-state index in [1.54, 1.807) is 0 Å². The molecule has 0 bridgehead atoms. The lowest BCUT2D eigenvalue weighted by atomic mass is 9.34. The minimum atomic E-state index is -0.598. The molecular weight excluding hydrogens is 570 g/mol. The van der Waals surface area contributed by atoms with Gasteiger partial charge in [-0.1, -0.05) is 195 Å². The maximum absolute atomic E-state index is 2.33. The molecule has 0 radical (unpaired) electrons. The van der Waals surface area contributed by atoms with Crippen LogP contribution in [0.2, 0.25) is 0 Å². The lowest BCUT2D eigenvalue weighted by Gasteiger charge is -2.24. The molecule has 0 N–H and O–H groups in total. The molecule has 0 aliphatic heterocycles. The Hall–Kier alpha value is -4.45. The topological polar surface area (TPSA) is 0 Å². The summed E-state index contributed by atoms with van der Waals surface area (Å²) >= 11 is 0. The van der Waals surface area contributed by atoms with Gasteiger partial charge in [0.25, 0.3) is 0 Å². The first-order chi connectivity index (χ1) is 22.3. The molecule has 226 valence electrons. The molecule has 0 unspecified atom stereocenters. The summed E-state index contributed by atoms with van der Waals surface area (Å²) in [5, 5.41) is 4.11. The van der Waals surface area contributed by atoms with E-state index < -0.39 is 7.92 Å². The van der Waals surface area contributed by atoms with Crippen LogP contribution in [0.5, 0.6) is 0 Å². The quantitative estimate of drug-likeness (QED) is 0.0929. The lowest BCUT2D eigenvalue weighted by molar-refractivity contribution is 1.34. The number of aryl methyl sites for hydroxylation is 6. The summed E-state index contributed by atoms with van der Waals surface area (Å²) in [4.78, 5) is 0. The van der Waals surface area contributed by atoms with Gasteiger partial charge in [0.05, 0.1) is 0 Å². The van der Waals surface area contributed by atoms with Crippen molar-refractivity contribution in [1.29, 1.82) is 0 Å². The highest BCUT2D eigenvalue weighted by Crippen LogP contribution is 2.32. The van der Waals surface area contributed by atoms with Crippen molar-refractivity contribution in [2.24, 2.45) is 0 Å². The summed E-state index contributed by atoms with van der Waals surface area (Å²) in [6, 6.07) is 49.4. The number of rotatable bonds is 8. The van der Waals surface area contributed by atoms with Crippen LogP contribution >= 0.6 is 7.92 Å². The first-order valence-electron chi connectivity index (χ1n) is 16.2. The van der Waals surface area contributed by atoms with Gasteiger partial charge >= 0.3 is 0 Å². The monoisotopic (exact) mass is 612 g/mol. The first kappa shape index (κ1) is 31.5. The van der Waals surface area contributed by atoms with Crippen LogP contribution in [0.25, 0.3) is 12.2 Å². The molecule has 0 atom stereocenters. The van der Waals surface area contributed by atoms with Crippen molar-refractivity contribution in [3.63, 3.8) is 0 Å². The van der Waals surface area contributed by atoms with E-state index in [1.807, 2.05) is 0 Å². The minimum Gasteiger partial charge on any atom is -0.0686 e. The normalized spacial score (nSPS) is 11.4. The maximum atomic E-state index is 2.33. The third-order valence-corrected chi connectivity index (χ3v) is 11.4. The van der Waals surface area contributed by atoms with E-state index in [1.165, 1.54) is 76.8 Å². The molecule has 0 heterocycles. The highest BCUT2D eigenvalue weighted by atomic mass is 31.1. The molecule has 0 aromatic heterocycles. The first-order valence-corrected chi connectivity index (χ1v) is 17.6. The standard InChI is InChI=1S/C44H42BP/c1-31-27-33(3)43(34(4)28-31)45(44-35(5)29-32(2)30-36(44)6)39-23-19-37(20-24-39)17-18-38-21-25-42(26-22-38)46(40-13-9-7-10-14-40)41-15-11-8-12-16-41/h7-30H,1-6H3/b18-17+. The Balaban J connectivity index is 1.29. The fraction of sp³-hybridized carbons (Fsp3) is 0.136. The van der Waals surface area contributed by atoms with E-state index in [-0.39, 0.29) is 6.71 Å². The Morgan fingerprint density at radius 3 is 1.15 bits per heavy atom. The fourth-order valence-electron chi connectivity index (χ4n) is 7.10. The predicted octanol–water partition coefficient (Wildman–Crippen LogP) is 7.98. The summed E-state index contributed by atoms with van der Waals surface area (Å²) in [6.45, 7) is 13.7.